The lowest BCUT2D eigenvalue weighted by Crippen LogP contribution is -2.48. The molecule has 4 heterocycles. The molecule has 2 unspecified atom stereocenters. The number of rotatable bonds is 4. The predicted molar refractivity (Wildman–Crippen MR) is 137 cm³/mol. The van der Waals surface area contributed by atoms with Crippen molar-refractivity contribution in [3.05, 3.63) is 59.7 Å². The van der Waals surface area contributed by atoms with Gasteiger partial charge in [-0.25, -0.2) is 23.1 Å². The summed E-state index contributed by atoms with van der Waals surface area (Å²) in [7, 11) is 0. The number of aromatic nitrogens is 3. The summed E-state index contributed by atoms with van der Waals surface area (Å²) >= 11 is 0. The predicted octanol–water partition coefficient (Wildman–Crippen LogP) is 4.29. The van der Waals surface area contributed by atoms with Gasteiger partial charge in [0.1, 0.15) is 23.4 Å². The SMILES string of the molecule is CC(C)(C)OC(=O)N1CCC(NC(=O)c2cnc3ccc(N4CC(F)CC4c4cccc(F)c4)nn23)CC1. The molecule has 9 nitrogen and oxygen atoms in total. The molecule has 5 rings (SSSR count). The van der Waals surface area contributed by atoms with Crippen LogP contribution in [0, 0.1) is 5.82 Å². The molecule has 1 aromatic carbocycles. The van der Waals surface area contributed by atoms with E-state index in [1.807, 2.05) is 20.8 Å². The van der Waals surface area contributed by atoms with Gasteiger partial charge in [0.25, 0.3) is 5.91 Å². The molecule has 0 saturated carbocycles. The van der Waals surface area contributed by atoms with Crippen LogP contribution in [0.5, 0.6) is 0 Å². The first-order valence-corrected chi connectivity index (χ1v) is 12.9. The highest BCUT2D eigenvalue weighted by Crippen LogP contribution is 2.36. The number of nitrogens with zero attached hydrogens (tertiary/aromatic N) is 5. The second-order valence-electron chi connectivity index (χ2n) is 10.9. The van der Waals surface area contributed by atoms with Gasteiger partial charge in [0.2, 0.25) is 0 Å². The van der Waals surface area contributed by atoms with E-state index in [-0.39, 0.29) is 48.6 Å². The molecule has 0 bridgehead atoms. The van der Waals surface area contributed by atoms with Crippen molar-refractivity contribution in [3.8, 4) is 0 Å². The number of anilines is 1. The number of hydrogen-bond donors (Lipinski definition) is 1. The summed E-state index contributed by atoms with van der Waals surface area (Å²) < 4.78 is 35.3. The van der Waals surface area contributed by atoms with Crippen molar-refractivity contribution >= 4 is 23.5 Å². The van der Waals surface area contributed by atoms with E-state index >= 15 is 0 Å². The van der Waals surface area contributed by atoms with Crippen molar-refractivity contribution in [2.24, 2.45) is 0 Å². The van der Waals surface area contributed by atoms with Crippen molar-refractivity contribution in [1.29, 1.82) is 0 Å². The Kier molecular flexibility index (Phi) is 6.93. The minimum absolute atomic E-state index is 0.113. The number of piperidine rings is 1. The summed E-state index contributed by atoms with van der Waals surface area (Å²) in [6.45, 7) is 6.57. The van der Waals surface area contributed by atoms with Crippen LogP contribution in [-0.4, -0.2) is 68.9 Å². The van der Waals surface area contributed by atoms with Gasteiger partial charge in [0, 0.05) is 25.6 Å². The Morgan fingerprint density at radius 2 is 1.89 bits per heavy atom. The summed E-state index contributed by atoms with van der Waals surface area (Å²) in [5, 5.41) is 7.65. The summed E-state index contributed by atoms with van der Waals surface area (Å²) in [4.78, 5) is 33.2. The molecule has 38 heavy (non-hydrogen) atoms. The lowest BCUT2D eigenvalue weighted by molar-refractivity contribution is 0.0199. The number of ether oxygens (including phenoxy) is 1. The molecular weight excluding hydrogens is 494 g/mol. The zero-order chi connectivity index (χ0) is 27.0. The molecule has 2 fully saturated rings. The summed E-state index contributed by atoms with van der Waals surface area (Å²) in [5.74, 6) is -0.229. The van der Waals surface area contributed by atoms with E-state index in [1.165, 1.54) is 22.8 Å². The lowest BCUT2D eigenvalue weighted by Gasteiger charge is -2.33. The van der Waals surface area contributed by atoms with E-state index in [0.29, 0.717) is 43.0 Å². The van der Waals surface area contributed by atoms with E-state index < -0.39 is 11.8 Å². The van der Waals surface area contributed by atoms with E-state index in [1.54, 1.807) is 34.1 Å². The maximum absolute atomic E-state index is 14.5. The first kappa shape index (κ1) is 25.9. The van der Waals surface area contributed by atoms with Crippen LogP contribution in [0.15, 0.2) is 42.6 Å². The Bertz CT molecular complexity index is 1330. The van der Waals surface area contributed by atoms with E-state index in [9.17, 15) is 18.4 Å². The van der Waals surface area contributed by atoms with Gasteiger partial charge in [0.15, 0.2) is 11.3 Å². The highest BCUT2D eigenvalue weighted by Gasteiger charge is 2.35. The second-order valence-corrected chi connectivity index (χ2v) is 10.9. The van der Waals surface area contributed by atoms with Crippen LogP contribution in [0.25, 0.3) is 5.65 Å². The number of carbonyl (C=O) groups excluding carboxylic acids is 2. The van der Waals surface area contributed by atoms with Crippen LogP contribution in [-0.2, 0) is 4.74 Å². The minimum Gasteiger partial charge on any atom is -0.444 e. The number of benzene rings is 1. The third-order valence-corrected chi connectivity index (χ3v) is 6.84. The fourth-order valence-corrected chi connectivity index (χ4v) is 5.03. The minimum atomic E-state index is -1.09. The van der Waals surface area contributed by atoms with Gasteiger partial charge >= 0.3 is 6.09 Å². The van der Waals surface area contributed by atoms with E-state index in [4.69, 9.17) is 4.74 Å². The number of hydrogen-bond acceptors (Lipinski definition) is 6. The van der Waals surface area contributed by atoms with Crippen LogP contribution in [0.4, 0.5) is 19.4 Å². The van der Waals surface area contributed by atoms with Gasteiger partial charge in [-0.05, 0) is 63.4 Å². The van der Waals surface area contributed by atoms with Crippen molar-refractivity contribution in [2.75, 3.05) is 24.5 Å². The molecule has 0 aliphatic carbocycles. The summed E-state index contributed by atoms with van der Waals surface area (Å²) in [5.41, 5.74) is 0.856. The number of amides is 2. The quantitative estimate of drug-likeness (QED) is 0.546. The van der Waals surface area contributed by atoms with E-state index in [0.717, 1.165) is 0 Å². The number of fused-ring (bicyclic) bond motifs is 1. The van der Waals surface area contributed by atoms with Crippen molar-refractivity contribution in [1.82, 2.24) is 24.8 Å². The lowest BCUT2D eigenvalue weighted by atomic mass is 10.0. The number of halogens is 2. The second kappa shape index (κ2) is 10.2. The fourth-order valence-electron chi connectivity index (χ4n) is 5.03. The molecule has 2 aliphatic heterocycles. The number of carbonyl (C=O) groups is 2. The molecule has 11 heteroatoms. The van der Waals surface area contributed by atoms with Crippen LogP contribution in [0.2, 0.25) is 0 Å². The van der Waals surface area contributed by atoms with Gasteiger partial charge < -0.3 is 19.9 Å². The molecule has 0 radical (unpaired) electrons. The van der Waals surface area contributed by atoms with Crippen LogP contribution < -0.4 is 10.2 Å². The standard InChI is InChI=1S/C27H32F2N6O3/c1-27(2,3)38-26(37)33-11-9-20(10-12-33)31-25(36)22-15-30-23-7-8-24(32-35(22)23)34-16-19(29)14-21(34)17-5-4-6-18(28)13-17/h4-8,13,15,19-21H,9-12,14,16H2,1-3H3,(H,31,36). The molecule has 0 spiro atoms. The Morgan fingerprint density at radius 3 is 2.61 bits per heavy atom. The molecule has 2 atom stereocenters. The number of imidazole rings is 1. The number of nitrogens with one attached hydrogen (secondary N) is 1. The maximum atomic E-state index is 14.5. The molecule has 2 saturated heterocycles. The zero-order valence-electron chi connectivity index (χ0n) is 21.7. The molecule has 3 aromatic rings. The Labute approximate surface area is 219 Å². The van der Waals surface area contributed by atoms with Crippen molar-refractivity contribution in [2.45, 2.75) is 63.9 Å². The monoisotopic (exact) mass is 526 g/mol. The van der Waals surface area contributed by atoms with Crippen LogP contribution in [0.3, 0.4) is 0 Å². The molecule has 202 valence electrons. The Morgan fingerprint density at radius 1 is 1.13 bits per heavy atom. The normalized spacial score (nSPS) is 20.7. The van der Waals surface area contributed by atoms with Gasteiger partial charge in [-0.3, -0.25) is 4.79 Å². The zero-order valence-corrected chi connectivity index (χ0v) is 21.7. The van der Waals surface area contributed by atoms with Gasteiger partial charge in [0.05, 0.1) is 18.8 Å². The van der Waals surface area contributed by atoms with E-state index in [2.05, 4.69) is 15.4 Å². The van der Waals surface area contributed by atoms with Gasteiger partial charge in [-0.2, -0.15) is 0 Å². The molecule has 2 amide bonds. The maximum Gasteiger partial charge on any atom is 0.410 e. The highest BCUT2D eigenvalue weighted by molar-refractivity contribution is 5.93. The third-order valence-electron chi connectivity index (χ3n) is 6.84. The van der Waals surface area contributed by atoms with Gasteiger partial charge in [-0.15, -0.1) is 5.10 Å². The summed E-state index contributed by atoms with van der Waals surface area (Å²) in [6, 6.07) is 9.15. The summed E-state index contributed by atoms with van der Waals surface area (Å²) in [6.07, 6.45) is 1.45. The first-order valence-electron chi connectivity index (χ1n) is 12.9. The molecule has 2 aliphatic rings. The Hall–Kier alpha value is -3.76. The Balaban J connectivity index is 1.29. The topological polar surface area (TPSA) is 92.1 Å². The van der Waals surface area contributed by atoms with Crippen molar-refractivity contribution < 1.29 is 23.1 Å². The van der Waals surface area contributed by atoms with Crippen LogP contribution in [0.1, 0.15) is 62.1 Å². The third kappa shape index (κ3) is 5.56. The first-order chi connectivity index (χ1) is 18.1. The van der Waals surface area contributed by atoms with Crippen LogP contribution >= 0.6 is 0 Å². The fraction of sp³-hybridized carbons (Fsp3) is 0.481. The van der Waals surface area contributed by atoms with Crippen molar-refractivity contribution in [3.63, 3.8) is 0 Å². The molecule has 1 N–H and O–H groups in total. The smallest absolute Gasteiger partial charge is 0.410 e. The number of likely N-dealkylation sites (tertiary alicyclic amines) is 1. The molecule has 2 aromatic heterocycles. The average molecular weight is 527 g/mol. The number of alkyl halides is 1. The largest absolute Gasteiger partial charge is 0.444 e. The van der Waals surface area contributed by atoms with Gasteiger partial charge in [-0.1, -0.05) is 12.1 Å². The average Bonchev–Trinajstić information content (AvgIpc) is 3.46. The molecular formula is C27H32F2N6O3. The highest BCUT2D eigenvalue weighted by atomic mass is 19.1.